The lowest BCUT2D eigenvalue weighted by Gasteiger charge is -2.15. The van der Waals surface area contributed by atoms with Crippen LogP contribution in [0.1, 0.15) is 34.7 Å². The van der Waals surface area contributed by atoms with Gasteiger partial charge in [-0.2, -0.15) is 0 Å². The number of carboxylic acids is 1. The number of carbonyl (C=O) groups is 1. The molecule has 0 bridgehead atoms. The molecule has 1 aliphatic carbocycles. The van der Waals surface area contributed by atoms with Gasteiger partial charge in [0.2, 0.25) is 11.4 Å². The molecule has 1 aliphatic rings. The van der Waals surface area contributed by atoms with Crippen LogP contribution >= 0.6 is 0 Å². The standard InChI is InChI=1S/C29H27N3O4/c1-17-9-22(21-7-8-27(33)32(3)15-21)10-18(2)28(17)20-6-4-5-19(11-20)16-36-26-14-30-25(13-31-26)23-12-24(23)29(34)35/h4-11,13-15,23-24H,12,16H2,1-3H3,(H,34,35)/t23-,24-/m0/s1. The molecule has 5 rings (SSSR count). The number of hydrogen-bond donors (Lipinski definition) is 1. The van der Waals surface area contributed by atoms with Crippen molar-refractivity contribution < 1.29 is 14.6 Å². The Hall–Kier alpha value is -4.26. The van der Waals surface area contributed by atoms with Gasteiger partial charge in [-0.15, -0.1) is 0 Å². The molecule has 1 fully saturated rings. The highest BCUT2D eigenvalue weighted by Crippen LogP contribution is 2.46. The fraction of sp³-hybridized carbons (Fsp3) is 0.241. The molecule has 7 nitrogen and oxygen atoms in total. The topological polar surface area (TPSA) is 94.3 Å². The number of ether oxygens (including phenoxy) is 1. The lowest BCUT2D eigenvalue weighted by molar-refractivity contribution is -0.138. The Balaban J connectivity index is 1.31. The summed E-state index contributed by atoms with van der Waals surface area (Å²) in [4.78, 5) is 31.5. The molecule has 1 N–H and O–H groups in total. The molecule has 0 amide bonds. The van der Waals surface area contributed by atoms with Gasteiger partial charge in [0.25, 0.3) is 0 Å². The predicted molar refractivity (Wildman–Crippen MR) is 137 cm³/mol. The summed E-state index contributed by atoms with van der Waals surface area (Å²) in [5.41, 5.74) is 8.34. The molecule has 2 aromatic carbocycles. The lowest BCUT2D eigenvalue weighted by atomic mass is 9.91. The number of hydrogen-bond acceptors (Lipinski definition) is 5. The molecule has 0 saturated heterocycles. The minimum Gasteiger partial charge on any atom is -0.481 e. The Kier molecular flexibility index (Phi) is 6.14. The van der Waals surface area contributed by atoms with E-state index in [1.807, 2.05) is 24.4 Å². The Morgan fingerprint density at radius 1 is 1.03 bits per heavy atom. The van der Waals surface area contributed by atoms with E-state index in [-0.39, 0.29) is 17.4 Å². The zero-order valence-corrected chi connectivity index (χ0v) is 20.4. The maximum absolute atomic E-state index is 11.8. The highest BCUT2D eigenvalue weighted by atomic mass is 16.5. The van der Waals surface area contributed by atoms with Gasteiger partial charge in [0.15, 0.2) is 0 Å². The zero-order chi connectivity index (χ0) is 25.4. The predicted octanol–water partition coefficient (Wildman–Crippen LogP) is 4.89. The molecule has 7 heteroatoms. The summed E-state index contributed by atoms with van der Waals surface area (Å²) < 4.78 is 7.44. The van der Waals surface area contributed by atoms with E-state index in [9.17, 15) is 9.59 Å². The van der Waals surface area contributed by atoms with E-state index in [4.69, 9.17) is 9.84 Å². The SMILES string of the molecule is Cc1cc(-c2ccc(=O)n(C)c2)cc(C)c1-c1cccc(COc2cnc([C@H]3C[C@@H]3C(=O)O)cn2)c1. The summed E-state index contributed by atoms with van der Waals surface area (Å²) in [6.45, 7) is 4.54. The molecular weight excluding hydrogens is 454 g/mol. The second-order valence-electron chi connectivity index (χ2n) is 9.41. The number of aromatic nitrogens is 3. The van der Waals surface area contributed by atoms with Crippen molar-refractivity contribution in [3.8, 4) is 28.1 Å². The molecule has 36 heavy (non-hydrogen) atoms. The molecule has 1 saturated carbocycles. The molecule has 4 aromatic rings. The van der Waals surface area contributed by atoms with Crippen LogP contribution in [-0.4, -0.2) is 25.6 Å². The summed E-state index contributed by atoms with van der Waals surface area (Å²) in [7, 11) is 1.76. The van der Waals surface area contributed by atoms with Gasteiger partial charge in [-0.1, -0.05) is 30.3 Å². The molecule has 182 valence electrons. The van der Waals surface area contributed by atoms with E-state index in [0.29, 0.717) is 24.6 Å². The normalized spacial score (nSPS) is 16.5. The third-order valence-electron chi connectivity index (χ3n) is 6.69. The van der Waals surface area contributed by atoms with Crippen LogP contribution in [0.15, 0.2) is 71.9 Å². The van der Waals surface area contributed by atoms with Gasteiger partial charge in [0.1, 0.15) is 6.61 Å². The minimum absolute atomic E-state index is 0.0282. The molecule has 0 radical (unpaired) electrons. The van der Waals surface area contributed by atoms with Crippen LogP contribution in [0.25, 0.3) is 22.3 Å². The van der Waals surface area contributed by atoms with E-state index in [2.05, 4.69) is 48.1 Å². The average Bonchev–Trinajstić information content (AvgIpc) is 3.66. The van der Waals surface area contributed by atoms with E-state index in [1.54, 1.807) is 30.1 Å². The van der Waals surface area contributed by atoms with Gasteiger partial charge >= 0.3 is 5.97 Å². The maximum atomic E-state index is 11.8. The largest absolute Gasteiger partial charge is 0.481 e. The molecule has 0 unspecified atom stereocenters. The lowest BCUT2D eigenvalue weighted by Crippen LogP contribution is -2.13. The molecular formula is C29H27N3O4. The van der Waals surface area contributed by atoms with Crippen LogP contribution in [0.5, 0.6) is 5.88 Å². The third-order valence-corrected chi connectivity index (χ3v) is 6.69. The first-order chi connectivity index (χ1) is 17.3. The molecule has 2 heterocycles. The number of nitrogens with zero attached hydrogens (tertiary/aromatic N) is 3. The van der Waals surface area contributed by atoms with E-state index >= 15 is 0 Å². The van der Waals surface area contributed by atoms with Crippen molar-refractivity contribution >= 4 is 5.97 Å². The number of rotatable bonds is 7. The Morgan fingerprint density at radius 3 is 2.44 bits per heavy atom. The number of aryl methyl sites for hydroxylation is 3. The summed E-state index contributed by atoms with van der Waals surface area (Å²) in [6.07, 6.45) is 5.64. The van der Waals surface area contributed by atoms with E-state index in [1.165, 1.54) is 5.56 Å². The van der Waals surface area contributed by atoms with Gasteiger partial charge in [-0.25, -0.2) is 4.98 Å². The van der Waals surface area contributed by atoms with Crippen molar-refractivity contribution in [1.29, 1.82) is 0 Å². The highest BCUT2D eigenvalue weighted by Gasteiger charge is 2.45. The average molecular weight is 482 g/mol. The molecule has 2 atom stereocenters. The summed E-state index contributed by atoms with van der Waals surface area (Å²) >= 11 is 0. The Morgan fingerprint density at radius 2 is 1.81 bits per heavy atom. The summed E-state index contributed by atoms with van der Waals surface area (Å²) in [6, 6.07) is 16.0. The van der Waals surface area contributed by atoms with Crippen LogP contribution in [0.2, 0.25) is 0 Å². The fourth-order valence-electron chi connectivity index (χ4n) is 4.71. The van der Waals surface area contributed by atoms with Crippen LogP contribution in [-0.2, 0) is 18.4 Å². The molecule has 0 aliphatic heterocycles. The number of pyridine rings is 1. The Bertz CT molecular complexity index is 1480. The van der Waals surface area contributed by atoms with Gasteiger partial charge < -0.3 is 14.4 Å². The maximum Gasteiger partial charge on any atom is 0.307 e. The first kappa shape index (κ1) is 23.5. The fourth-order valence-corrected chi connectivity index (χ4v) is 4.71. The Labute approximate surface area is 209 Å². The van der Waals surface area contributed by atoms with Gasteiger partial charge in [-0.05, 0) is 71.3 Å². The van der Waals surface area contributed by atoms with E-state index < -0.39 is 5.97 Å². The van der Waals surface area contributed by atoms with Gasteiger partial charge in [-0.3, -0.25) is 14.6 Å². The second-order valence-corrected chi connectivity index (χ2v) is 9.41. The zero-order valence-electron chi connectivity index (χ0n) is 20.4. The second kappa shape index (κ2) is 9.41. The first-order valence-electron chi connectivity index (χ1n) is 11.9. The molecule has 2 aromatic heterocycles. The quantitative estimate of drug-likeness (QED) is 0.404. The van der Waals surface area contributed by atoms with Crippen molar-refractivity contribution in [2.45, 2.75) is 32.8 Å². The van der Waals surface area contributed by atoms with Gasteiger partial charge in [0.05, 0.1) is 24.0 Å². The smallest absolute Gasteiger partial charge is 0.307 e. The number of carboxylic acid groups (broad SMARTS) is 1. The van der Waals surface area contributed by atoms with Crippen LogP contribution in [0.3, 0.4) is 0 Å². The van der Waals surface area contributed by atoms with Gasteiger partial charge in [0, 0.05) is 25.2 Å². The summed E-state index contributed by atoms with van der Waals surface area (Å²) in [5.74, 6) is -0.775. The number of aliphatic carboxylic acids is 1. The highest BCUT2D eigenvalue weighted by molar-refractivity contribution is 5.77. The minimum atomic E-state index is -0.783. The van der Waals surface area contributed by atoms with Crippen LogP contribution in [0, 0.1) is 19.8 Å². The first-order valence-corrected chi connectivity index (χ1v) is 11.9. The van der Waals surface area contributed by atoms with Crippen molar-refractivity contribution in [3.05, 3.63) is 99.9 Å². The van der Waals surface area contributed by atoms with Crippen LogP contribution in [0.4, 0.5) is 0 Å². The van der Waals surface area contributed by atoms with Crippen LogP contribution < -0.4 is 10.3 Å². The van der Waals surface area contributed by atoms with E-state index in [0.717, 1.165) is 33.4 Å². The third kappa shape index (κ3) is 4.77. The van der Waals surface area contributed by atoms with Crippen molar-refractivity contribution in [1.82, 2.24) is 14.5 Å². The van der Waals surface area contributed by atoms with Crippen molar-refractivity contribution in [2.75, 3.05) is 0 Å². The monoisotopic (exact) mass is 481 g/mol. The van der Waals surface area contributed by atoms with Crippen molar-refractivity contribution in [3.63, 3.8) is 0 Å². The molecule has 0 spiro atoms. The number of benzene rings is 2. The summed E-state index contributed by atoms with van der Waals surface area (Å²) in [5, 5.41) is 9.09. The van der Waals surface area contributed by atoms with Crippen molar-refractivity contribution in [2.24, 2.45) is 13.0 Å².